The number of nitrogens with two attached hydrogens (primary N) is 1. The lowest BCUT2D eigenvalue weighted by Gasteiger charge is -2.13. The summed E-state index contributed by atoms with van der Waals surface area (Å²) in [6, 6.07) is 8.31. The van der Waals surface area contributed by atoms with Crippen molar-refractivity contribution in [2.24, 2.45) is 0 Å². The van der Waals surface area contributed by atoms with Crippen LogP contribution in [0.1, 0.15) is 56.2 Å². The zero-order chi connectivity index (χ0) is 15.4. The fraction of sp³-hybridized carbons (Fsp3) is 0.471. The second kappa shape index (κ2) is 6.94. The van der Waals surface area contributed by atoms with Crippen LogP contribution in [0.25, 0.3) is 0 Å². The quantitative estimate of drug-likeness (QED) is 0.847. The molecule has 1 aromatic heterocycles. The summed E-state index contributed by atoms with van der Waals surface area (Å²) in [7, 11) is 0. The Balaban J connectivity index is 2.18. The third-order valence-corrected chi connectivity index (χ3v) is 4.37. The van der Waals surface area contributed by atoms with E-state index in [-0.39, 0.29) is 6.10 Å². The van der Waals surface area contributed by atoms with Crippen LogP contribution in [-0.4, -0.2) is 11.1 Å². The molecule has 3 nitrogen and oxygen atoms in total. The molecule has 0 spiro atoms. The van der Waals surface area contributed by atoms with Crippen LogP contribution in [0, 0.1) is 0 Å². The van der Waals surface area contributed by atoms with Gasteiger partial charge in [0, 0.05) is 11.3 Å². The van der Waals surface area contributed by atoms with Gasteiger partial charge in [-0.3, -0.25) is 0 Å². The maximum atomic E-state index is 5.89. The first kappa shape index (κ1) is 15.8. The summed E-state index contributed by atoms with van der Waals surface area (Å²) >= 11 is 1.59. The monoisotopic (exact) mass is 304 g/mol. The predicted octanol–water partition coefficient (Wildman–Crippen LogP) is 4.62. The Labute approximate surface area is 131 Å². The van der Waals surface area contributed by atoms with Gasteiger partial charge in [0.25, 0.3) is 0 Å². The molecule has 0 saturated heterocycles. The Bertz CT molecular complexity index is 592. The van der Waals surface area contributed by atoms with Gasteiger partial charge in [0.05, 0.1) is 11.8 Å². The van der Waals surface area contributed by atoms with Gasteiger partial charge in [-0.15, -0.1) is 11.3 Å². The average molecular weight is 304 g/mol. The van der Waals surface area contributed by atoms with Crippen LogP contribution in [0.5, 0.6) is 5.75 Å². The lowest BCUT2D eigenvalue weighted by atomic mass is 10.0. The average Bonchev–Trinajstić information content (AvgIpc) is 2.80. The highest BCUT2D eigenvalue weighted by molar-refractivity contribution is 7.15. The maximum absolute atomic E-state index is 5.89. The molecule has 0 aliphatic heterocycles. The molecule has 2 N–H and O–H groups in total. The van der Waals surface area contributed by atoms with Crippen LogP contribution in [0.2, 0.25) is 0 Å². The molecule has 2 rings (SSSR count). The van der Waals surface area contributed by atoms with E-state index in [9.17, 15) is 0 Å². The number of anilines is 1. The summed E-state index contributed by atoms with van der Waals surface area (Å²) in [6.45, 7) is 8.53. The summed E-state index contributed by atoms with van der Waals surface area (Å²) in [5.74, 6) is 1.33. The van der Waals surface area contributed by atoms with Crippen LogP contribution in [-0.2, 0) is 6.42 Å². The number of hydrogen-bond acceptors (Lipinski definition) is 4. The number of ether oxygens (including phenoxy) is 1. The molecule has 4 heteroatoms. The summed E-state index contributed by atoms with van der Waals surface area (Å²) < 4.78 is 5.89. The molecule has 114 valence electrons. The van der Waals surface area contributed by atoms with Crippen LogP contribution in [0.3, 0.4) is 0 Å². The molecule has 1 aromatic carbocycles. The number of nitrogen functional groups attached to an aromatic ring is 1. The lowest BCUT2D eigenvalue weighted by molar-refractivity contribution is 0.217. The first-order valence-corrected chi connectivity index (χ1v) is 8.32. The van der Waals surface area contributed by atoms with E-state index >= 15 is 0 Å². The van der Waals surface area contributed by atoms with Crippen molar-refractivity contribution in [1.82, 2.24) is 4.98 Å². The van der Waals surface area contributed by atoms with Crippen molar-refractivity contribution < 1.29 is 4.74 Å². The predicted molar refractivity (Wildman–Crippen MR) is 90.2 cm³/mol. The SMILES string of the molecule is CCC(C)Oc1cccc(Cc2sc(N)nc2C(C)C)c1. The van der Waals surface area contributed by atoms with Crippen molar-refractivity contribution in [2.45, 2.75) is 52.6 Å². The lowest BCUT2D eigenvalue weighted by Crippen LogP contribution is -2.09. The smallest absolute Gasteiger partial charge is 0.180 e. The van der Waals surface area contributed by atoms with E-state index in [1.807, 2.05) is 12.1 Å². The van der Waals surface area contributed by atoms with Crippen LogP contribution >= 0.6 is 11.3 Å². The molecule has 1 heterocycles. The highest BCUT2D eigenvalue weighted by atomic mass is 32.1. The number of rotatable bonds is 6. The number of aromatic nitrogens is 1. The Kier molecular flexibility index (Phi) is 5.23. The molecule has 0 aliphatic rings. The topological polar surface area (TPSA) is 48.1 Å². The van der Waals surface area contributed by atoms with E-state index < -0.39 is 0 Å². The first-order chi connectivity index (χ1) is 9.99. The normalized spacial score (nSPS) is 12.6. The minimum absolute atomic E-state index is 0.241. The Morgan fingerprint density at radius 3 is 2.71 bits per heavy atom. The number of benzene rings is 1. The van der Waals surface area contributed by atoms with E-state index in [0.717, 1.165) is 24.3 Å². The van der Waals surface area contributed by atoms with Crippen molar-refractivity contribution >= 4 is 16.5 Å². The summed E-state index contributed by atoms with van der Waals surface area (Å²) in [4.78, 5) is 5.71. The second-order valence-electron chi connectivity index (χ2n) is 5.68. The summed E-state index contributed by atoms with van der Waals surface area (Å²) in [5, 5.41) is 0.653. The van der Waals surface area contributed by atoms with Crippen molar-refractivity contribution in [3.05, 3.63) is 40.4 Å². The molecular weight excluding hydrogens is 280 g/mol. The standard InChI is InChI=1S/C17H24N2OS/c1-5-12(4)20-14-8-6-7-13(9-14)10-15-16(11(2)3)19-17(18)21-15/h6-9,11-12H,5,10H2,1-4H3,(H2,18,19). The highest BCUT2D eigenvalue weighted by Gasteiger charge is 2.13. The van der Waals surface area contributed by atoms with Crippen molar-refractivity contribution in [2.75, 3.05) is 5.73 Å². The van der Waals surface area contributed by atoms with E-state index in [4.69, 9.17) is 10.5 Å². The van der Waals surface area contributed by atoms with Gasteiger partial charge in [-0.2, -0.15) is 0 Å². The van der Waals surface area contributed by atoms with Gasteiger partial charge in [0.15, 0.2) is 5.13 Å². The van der Waals surface area contributed by atoms with Crippen molar-refractivity contribution in [3.8, 4) is 5.75 Å². The molecule has 2 aromatic rings. The minimum Gasteiger partial charge on any atom is -0.491 e. The third-order valence-electron chi connectivity index (χ3n) is 3.47. The van der Waals surface area contributed by atoms with Gasteiger partial charge in [0.1, 0.15) is 5.75 Å². The Morgan fingerprint density at radius 1 is 1.29 bits per heavy atom. The third kappa shape index (κ3) is 4.21. The van der Waals surface area contributed by atoms with Gasteiger partial charge in [-0.05, 0) is 37.0 Å². The van der Waals surface area contributed by atoms with Gasteiger partial charge < -0.3 is 10.5 Å². The number of nitrogens with zero attached hydrogens (tertiary/aromatic N) is 1. The van der Waals surface area contributed by atoms with Crippen molar-refractivity contribution in [3.63, 3.8) is 0 Å². The molecule has 0 radical (unpaired) electrons. The van der Waals surface area contributed by atoms with Crippen LogP contribution in [0.15, 0.2) is 24.3 Å². The number of hydrogen-bond donors (Lipinski definition) is 1. The maximum Gasteiger partial charge on any atom is 0.180 e. The zero-order valence-corrected chi connectivity index (χ0v) is 14.0. The minimum atomic E-state index is 0.241. The Hall–Kier alpha value is -1.55. The van der Waals surface area contributed by atoms with Gasteiger partial charge >= 0.3 is 0 Å². The molecule has 0 amide bonds. The summed E-state index contributed by atoms with van der Waals surface area (Å²) in [6.07, 6.45) is 2.11. The highest BCUT2D eigenvalue weighted by Crippen LogP contribution is 2.29. The van der Waals surface area contributed by atoms with Gasteiger partial charge in [-0.1, -0.05) is 32.9 Å². The molecule has 0 fully saturated rings. The fourth-order valence-corrected chi connectivity index (χ4v) is 3.21. The molecular formula is C17H24N2OS. The first-order valence-electron chi connectivity index (χ1n) is 7.50. The Morgan fingerprint density at radius 2 is 2.05 bits per heavy atom. The largest absolute Gasteiger partial charge is 0.491 e. The fourth-order valence-electron chi connectivity index (χ4n) is 2.19. The molecule has 1 atom stereocenters. The van der Waals surface area contributed by atoms with Crippen LogP contribution < -0.4 is 10.5 Å². The second-order valence-corrected chi connectivity index (χ2v) is 6.79. The zero-order valence-electron chi connectivity index (χ0n) is 13.2. The van der Waals surface area contributed by atoms with Gasteiger partial charge in [-0.25, -0.2) is 4.98 Å². The number of thiazole rings is 1. The van der Waals surface area contributed by atoms with E-state index in [1.54, 1.807) is 11.3 Å². The summed E-state index contributed by atoms with van der Waals surface area (Å²) in [5.41, 5.74) is 8.22. The molecule has 0 saturated carbocycles. The molecule has 1 unspecified atom stereocenters. The molecule has 0 aliphatic carbocycles. The van der Waals surface area contributed by atoms with E-state index in [2.05, 4.69) is 44.8 Å². The molecule has 21 heavy (non-hydrogen) atoms. The van der Waals surface area contributed by atoms with E-state index in [0.29, 0.717) is 11.0 Å². The van der Waals surface area contributed by atoms with Crippen molar-refractivity contribution in [1.29, 1.82) is 0 Å². The van der Waals surface area contributed by atoms with Crippen LogP contribution in [0.4, 0.5) is 5.13 Å². The molecule has 0 bridgehead atoms. The van der Waals surface area contributed by atoms with Gasteiger partial charge in [0.2, 0.25) is 0 Å². The van der Waals surface area contributed by atoms with E-state index in [1.165, 1.54) is 10.4 Å².